The minimum absolute atomic E-state index is 0.167. The van der Waals surface area contributed by atoms with Crippen molar-refractivity contribution in [3.8, 4) is 34.1 Å². The molecule has 86 heavy (non-hydrogen) atoms. The minimum Gasteiger partial charge on any atom is -0.741 e. The number of hydrogen-bond donors (Lipinski definition) is 0. The summed E-state index contributed by atoms with van der Waals surface area (Å²) in [5, 5.41) is 0. The second-order valence-electron chi connectivity index (χ2n) is 18.8. The molecule has 0 heterocycles. The highest BCUT2D eigenvalue weighted by Gasteiger charge is 2.47. The van der Waals surface area contributed by atoms with Gasteiger partial charge in [0.25, 0.3) is 0 Å². The number of benzene rings is 10. The average Bonchev–Trinajstić information content (AvgIpc) is 1.61. The monoisotopic (exact) mass is 1200 g/mol. The lowest BCUT2D eigenvalue weighted by molar-refractivity contribution is -0.0518. The lowest BCUT2D eigenvalue weighted by Crippen LogP contribution is -2.29. The maximum absolute atomic E-state index is 13.7. The fourth-order valence-corrected chi connectivity index (χ4v) is 11.5. The Hall–Kier alpha value is -10.2. The zero-order valence-corrected chi connectivity index (χ0v) is 45.6. The summed E-state index contributed by atoms with van der Waals surface area (Å²) in [4.78, 5) is 55.2. The van der Waals surface area contributed by atoms with E-state index in [1.165, 1.54) is 97.1 Å². The van der Waals surface area contributed by atoms with Crippen molar-refractivity contribution >= 4 is 44.9 Å². The van der Waals surface area contributed by atoms with Gasteiger partial charge in [-0.2, -0.15) is 13.2 Å². The predicted molar refractivity (Wildman–Crippen MR) is 300 cm³/mol. The van der Waals surface area contributed by atoms with Gasteiger partial charge in [-0.3, -0.25) is 0 Å². The molecule has 0 saturated heterocycles. The highest BCUT2D eigenvalue weighted by molar-refractivity contribution is 7.97. The van der Waals surface area contributed by atoms with E-state index < -0.39 is 79.1 Å². The van der Waals surface area contributed by atoms with E-state index in [4.69, 9.17) is 31.9 Å². The second kappa shape index (κ2) is 24.6. The number of halogens is 7. The van der Waals surface area contributed by atoms with Gasteiger partial charge in [0.15, 0.2) is 24.8 Å². The van der Waals surface area contributed by atoms with Crippen LogP contribution in [0, 0.1) is 23.3 Å². The predicted octanol–water partition coefficient (Wildman–Crippen LogP) is 14.6. The fraction of sp³-hybridized carbons (Fsp3) is 0.0303. The first-order valence-corrected chi connectivity index (χ1v) is 28.1. The number of esters is 4. The van der Waals surface area contributed by atoms with Crippen molar-refractivity contribution in [1.82, 2.24) is 0 Å². The molecule has 11 nitrogen and oxygen atoms in total. The van der Waals surface area contributed by atoms with Crippen molar-refractivity contribution in [3.05, 3.63) is 304 Å². The van der Waals surface area contributed by atoms with Crippen molar-refractivity contribution in [2.75, 3.05) is 0 Å². The molecule has 0 fully saturated rings. The van der Waals surface area contributed by atoms with Gasteiger partial charge in [-0.1, -0.05) is 48.5 Å². The normalized spacial score (nSPS) is 12.2. The second-order valence-corrected chi connectivity index (χ2v) is 22.2. The molecule has 0 spiro atoms. The van der Waals surface area contributed by atoms with Crippen molar-refractivity contribution in [2.24, 2.45) is 0 Å². The van der Waals surface area contributed by atoms with E-state index in [1.807, 2.05) is 66.7 Å². The molecule has 0 aliphatic heterocycles. The van der Waals surface area contributed by atoms with Gasteiger partial charge in [0.2, 0.25) is 0 Å². The van der Waals surface area contributed by atoms with Crippen molar-refractivity contribution in [3.63, 3.8) is 0 Å². The summed E-state index contributed by atoms with van der Waals surface area (Å²) in [7, 11) is -7.01. The van der Waals surface area contributed by atoms with E-state index in [0.29, 0.717) is 0 Å². The topological polar surface area (TPSA) is 162 Å². The molecule has 0 bridgehead atoms. The summed E-state index contributed by atoms with van der Waals surface area (Å²) < 4.78 is 137. The smallest absolute Gasteiger partial charge is 0.485 e. The van der Waals surface area contributed by atoms with E-state index in [-0.39, 0.29) is 45.3 Å². The van der Waals surface area contributed by atoms with Crippen LogP contribution in [0.3, 0.4) is 0 Å². The molecule has 0 aromatic heterocycles. The molecule has 10 aromatic carbocycles. The van der Waals surface area contributed by atoms with Gasteiger partial charge in [-0.05, 0) is 221 Å². The first-order chi connectivity index (χ1) is 41.1. The van der Waals surface area contributed by atoms with Crippen LogP contribution in [0.2, 0.25) is 0 Å². The maximum Gasteiger partial charge on any atom is 0.485 e. The molecule has 0 unspecified atom stereocenters. The SMILES string of the molecule is O=C(Oc1ccc([S+](c2ccc(OC(=O)c3ccc(F)cc3)cc2)c2ccc3c(c2)C(c2ccc(OC(=O)c4ccc(F)cc4)cc2)(c2ccc(OC(=O)c4ccc(F)cc4)cc2)c2ccccc2-3)cc1)c1ccc(F)cc1.O=S(=O)([O-])C(F)(F)F. The third-order valence-electron chi connectivity index (χ3n) is 13.4. The number of carbonyl (C=O) groups is 4. The summed E-state index contributed by atoms with van der Waals surface area (Å²) in [6, 6.07) is 62.9. The summed E-state index contributed by atoms with van der Waals surface area (Å²) >= 11 is 0. The highest BCUT2D eigenvalue weighted by atomic mass is 32.2. The summed E-state index contributed by atoms with van der Waals surface area (Å²) in [5.41, 5.74) is -0.830. The standard InChI is InChI=1S/C65H39F4O8S.CHF3O3S/c66-46-17-5-40(6-18-46)61(70)74-50-25-13-44(14-26-50)65(45-15-27-51(28-16-45)75-62(71)41-7-19-47(67)20-8-41)59-4-2-1-3-57(59)58-38-37-56(39-60(58)65)78(54-33-29-52(30-34-54)76-63(72)42-9-21-48(68)22-10-42)55-35-31-53(32-36-55)77-64(73)43-11-23-49(69)24-12-43;2-1(3,4)8(5,6)7/h1-39H;(H,5,6,7)/q+1;/p-1. The Kier molecular flexibility index (Phi) is 16.9. The third-order valence-corrected chi connectivity index (χ3v) is 16.2. The third kappa shape index (κ3) is 12.8. The molecule has 1 aliphatic carbocycles. The van der Waals surface area contributed by atoms with Crippen molar-refractivity contribution < 1.29 is 81.8 Å². The number of alkyl halides is 3. The van der Waals surface area contributed by atoms with Gasteiger partial charge in [0.1, 0.15) is 46.3 Å². The van der Waals surface area contributed by atoms with Gasteiger partial charge in [0, 0.05) is 0 Å². The van der Waals surface area contributed by atoms with Crippen LogP contribution in [-0.4, -0.2) is 42.4 Å². The molecule has 0 atom stereocenters. The van der Waals surface area contributed by atoms with Crippen molar-refractivity contribution in [2.45, 2.75) is 25.6 Å². The molecule has 0 N–H and O–H groups in total. The Morgan fingerprint density at radius 1 is 0.372 bits per heavy atom. The Balaban J connectivity index is 0.000000958. The first kappa shape index (κ1) is 59.0. The lowest BCUT2D eigenvalue weighted by Gasteiger charge is -2.34. The summed E-state index contributed by atoms with van der Waals surface area (Å²) in [6.45, 7) is 0. The maximum atomic E-state index is 13.7. The molecular formula is C66H39F7O11S2. The van der Waals surface area contributed by atoms with E-state index >= 15 is 0 Å². The molecule has 11 rings (SSSR count). The molecule has 1 aliphatic rings. The molecule has 0 radical (unpaired) electrons. The van der Waals surface area contributed by atoms with E-state index in [9.17, 15) is 49.9 Å². The van der Waals surface area contributed by atoms with Crippen LogP contribution >= 0.6 is 0 Å². The molecular weight excluding hydrogens is 1170 g/mol. The van der Waals surface area contributed by atoms with Crippen molar-refractivity contribution in [1.29, 1.82) is 0 Å². The molecule has 20 heteroatoms. The van der Waals surface area contributed by atoms with Crippen LogP contribution < -0.4 is 18.9 Å². The molecule has 0 amide bonds. The van der Waals surface area contributed by atoms with Crippen LogP contribution in [0.1, 0.15) is 63.7 Å². The number of rotatable bonds is 13. The molecule has 10 aromatic rings. The zero-order chi connectivity index (χ0) is 60.9. The Bertz CT molecular complexity index is 4060. The first-order valence-electron chi connectivity index (χ1n) is 25.5. The quantitative estimate of drug-likeness (QED) is 0.0270. The number of ether oxygens (including phenoxy) is 4. The lowest BCUT2D eigenvalue weighted by atomic mass is 9.67. The molecule has 0 saturated carbocycles. The van der Waals surface area contributed by atoms with Gasteiger partial charge in [0.05, 0.1) is 38.6 Å². The zero-order valence-electron chi connectivity index (χ0n) is 44.0. The summed E-state index contributed by atoms with van der Waals surface area (Å²) in [5.74, 6) is -3.66. The molecule has 430 valence electrons. The minimum atomic E-state index is -6.09. The number of carbonyl (C=O) groups excluding carboxylic acids is 4. The average molecular weight is 1210 g/mol. The van der Waals surface area contributed by atoms with Crippen LogP contribution in [0.5, 0.6) is 23.0 Å². The van der Waals surface area contributed by atoms with Gasteiger partial charge >= 0.3 is 29.4 Å². The van der Waals surface area contributed by atoms with Crippen LogP contribution in [0.4, 0.5) is 30.7 Å². The van der Waals surface area contributed by atoms with Crippen LogP contribution in [0.25, 0.3) is 11.1 Å². The fourth-order valence-electron chi connectivity index (χ4n) is 9.42. The van der Waals surface area contributed by atoms with Gasteiger partial charge < -0.3 is 23.5 Å². The largest absolute Gasteiger partial charge is 0.741 e. The summed E-state index contributed by atoms with van der Waals surface area (Å²) in [6.07, 6.45) is 0. The Labute approximate surface area is 488 Å². The number of hydrogen-bond acceptors (Lipinski definition) is 11. The van der Waals surface area contributed by atoms with Crippen LogP contribution in [0.15, 0.2) is 251 Å². The van der Waals surface area contributed by atoms with E-state index in [2.05, 4.69) is 24.3 Å². The Morgan fingerprint density at radius 2 is 0.651 bits per heavy atom. The van der Waals surface area contributed by atoms with E-state index in [0.717, 1.165) is 48.1 Å². The van der Waals surface area contributed by atoms with Crippen LogP contribution in [-0.2, 0) is 26.4 Å². The highest BCUT2D eigenvalue weighted by Crippen LogP contribution is 2.57. The Morgan fingerprint density at radius 3 is 0.965 bits per heavy atom. The number of fused-ring (bicyclic) bond motifs is 3. The van der Waals surface area contributed by atoms with Gasteiger partial charge in [-0.15, -0.1) is 0 Å². The van der Waals surface area contributed by atoms with E-state index in [1.54, 1.807) is 48.5 Å². The van der Waals surface area contributed by atoms with Gasteiger partial charge in [-0.25, -0.2) is 45.2 Å².